The summed E-state index contributed by atoms with van der Waals surface area (Å²) in [5.41, 5.74) is 1.39. The predicted octanol–water partition coefficient (Wildman–Crippen LogP) is 5.00. The van der Waals surface area contributed by atoms with Gasteiger partial charge in [0.2, 0.25) is 0 Å². The van der Waals surface area contributed by atoms with Crippen molar-refractivity contribution in [3.8, 4) is 11.1 Å². The Kier molecular flexibility index (Phi) is 5.29. The van der Waals surface area contributed by atoms with Crippen LogP contribution in [0.4, 0.5) is 5.69 Å². The van der Waals surface area contributed by atoms with Gasteiger partial charge in [-0.2, -0.15) is 0 Å². The van der Waals surface area contributed by atoms with Gasteiger partial charge < -0.3 is 10.0 Å². The molecule has 0 spiro atoms. The molecule has 1 amide bonds. The van der Waals surface area contributed by atoms with E-state index in [1.807, 2.05) is 42.5 Å². The van der Waals surface area contributed by atoms with Crippen molar-refractivity contribution >= 4 is 29.0 Å². The van der Waals surface area contributed by atoms with Gasteiger partial charge in [-0.05, 0) is 29.3 Å². The minimum atomic E-state index is -1.96. The molecule has 1 atom stereocenters. The Hall–Kier alpha value is -3.21. The number of fused-ring (bicyclic) bond motifs is 1. The van der Waals surface area contributed by atoms with Gasteiger partial charge in [0.1, 0.15) is 0 Å². The Labute approximate surface area is 180 Å². The molecule has 1 aliphatic heterocycles. The number of carbonyl (C=O) groups is 2. The third kappa shape index (κ3) is 3.45. The number of amides is 1. The zero-order valence-electron chi connectivity index (χ0n) is 16.2. The number of aliphatic hydroxyl groups is 1. The predicted molar refractivity (Wildman–Crippen MR) is 119 cm³/mol. The molecule has 1 unspecified atom stereocenters. The molecule has 150 valence electrons. The first-order chi connectivity index (χ1) is 14.4. The third-order valence-corrected chi connectivity index (χ3v) is 5.57. The Morgan fingerprint density at radius 3 is 2.37 bits per heavy atom. The second kappa shape index (κ2) is 7.90. The van der Waals surface area contributed by atoms with Gasteiger partial charge in [-0.15, -0.1) is 6.58 Å². The van der Waals surface area contributed by atoms with Gasteiger partial charge in [0.05, 0.1) is 12.1 Å². The Morgan fingerprint density at radius 2 is 1.70 bits per heavy atom. The van der Waals surface area contributed by atoms with Crippen LogP contribution in [0.3, 0.4) is 0 Å². The molecule has 5 heteroatoms. The fraction of sp³-hybridized carbons (Fsp3) is 0.120. The number of halogens is 1. The maximum Gasteiger partial charge on any atom is 0.264 e. The number of benzene rings is 3. The number of ketones is 1. The third-order valence-electron chi connectivity index (χ3n) is 5.34. The summed E-state index contributed by atoms with van der Waals surface area (Å²) in [4.78, 5) is 27.4. The fourth-order valence-corrected chi connectivity index (χ4v) is 3.99. The van der Waals surface area contributed by atoms with Gasteiger partial charge >= 0.3 is 0 Å². The average molecular weight is 418 g/mol. The van der Waals surface area contributed by atoms with Crippen LogP contribution in [-0.4, -0.2) is 23.3 Å². The highest BCUT2D eigenvalue weighted by Crippen LogP contribution is 2.44. The monoisotopic (exact) mass is 417 g/mol. The van der Waals surface area contributed by atoms with Crippen LogP contribution in [0.25, 0.3) is 11.1 Å². The highest BCUT2D eigenvalue weighted by Gasteiger charge is 2.50. The van der Waals surface area contributed by atoms with Crippen LogP contribution < -0.4 is 4.90 Å². The number of anilines is 1. The maximum atomic E-state index is 13.0. The van der Waals surface area contributed by atoms with Crippen LogP contribution in [0.1, 0.15) is 22.3 Å². The van der Waals surface area contributed by atoms with E-state index in [2.05, 4.69) is 6.58 Å². The zero-order chi connectivity index (χ0) is 21.3. The average Bonchev–Trinajstić information content (AvgIpc) is 2.96. The Balaban J connectivity index is 1.63. The molecule has 0 aliphatic carbocycles. The molecule has 1 heterocycles. The molecule has 3 aromatic rings. The van der Waals surface area contributed by atoms with Crippen molar-refractivity contribution in [2.75, 3.05) is 11.4 Å². The van der Waals surface area contributed by atoms with Gasteiger partial charge in [0.15, 0.2) is 11.4 Å². The van der Waals surface area contributed by atoms with E-state index in [9.17, 15) is 14.7 Å². The lowest BCUT2D eigenvalue weighted by Gasteiger charge is -2.22. The normalized spacial score (nSPS) is 17.7. The number of rotatable bonds is 6. The topological polar surface area (TPSA) is 57.6 Å². The lowest BCUT2D eigenvalue weighted by Crippen LogP contribution is -2.41. The van der Waals surface area contributed by atoms with Crippen molar-refractivity contribution in [2.24, 2.45) is 0 Å². The molecule has 1 N–H and O–H groups in total. The Morgan fingerprint density at radius 1 is 1.03 bits per heavy atom. The first kappa shape index (κ1) is 20.1. The van der Waals surface area contributed by atoms with Crippen molar-refractivity contribution in [1.29, 1.82) is 0 Å². The summed E-state index contributed by atoms with van der Waals surface area (Å²) >= 11 is 6.11. The molecule has 1 aliphatic rings. The molecule has 4 rings (SSSR count). The van der Waals surface area contributed by atoms with E-state index in [0.717, 1.165) is 11.1 Å². The van der Waals surface area contributed by atoms with Gasteiger partial charge in [-0.1, -0.05) is 72.3 Å². The molecule has 4 nitrogen and oxygen atoms in total. The van der Waals surface area contributed by atoms with Crippen molar-refractivity contribution in [2.45, 2.75) is 12.0 Å². The second-order valence-corrected chi connectivity index (χ2v) is 7.71. The second-order valence-electron chi connectivity index (χ2n) is 7.27. The van der Waals surface area contributed by atoms with Crippen LogP contribution in [0.2, 0.25) is 5.02 Å². The van der Waals surface area contributed by atoms with Crippen molar-refractivity contribution in [3.05, 3.63) is 102 Å². The highest BCUT2D eigenvalue weighted by atomic mass is 35.5. The largest absolute Gasteiger partial charge is 0.375 e. The summed E-state index contributed by atoms with van der Waals surface area (Å²) in [5.74, 6) is -0.870. The number of Topliss-reactive ketones (excluding diaryl/α,β-unsaturated/α-hetero) is 1. The van der Waals surface area contributed by atoms with Crippen molar-refractivity contribution in [1.82, 2.24) is 0 Å². The van der Waals surface area contributed by atoms with E-state index in [0.29, 0.717) is 21.8 Å². The number of carbonyl (C=O) groups excluding carboxylic acids is 2. The molecular formula is C25H20ClNO3. The Bertz CT molecular complexity index is 1120. The van der Waals surface area contributed by atoms with E-state index in [1.165, 1.54) is 4.90 Å². The molecule has 30 heavy (non-hydrogen) atoms. The van der Waals surface area contributed by atoms with Gasteiger partial charge in [0.25, 0.3) is 5.91 Å². The fourth-order valence-electron chi connectivity index (χ4n) is 3.82. The lowest BCUT2D eigenvalue weighted by molar-refractivity contribution is -0.135. The van der Waals surface area contributed by atoms with Crippen molar-refractivity contribution in [3.63, 3.8) is 0 Å². The first-order valence-corrected chi connectivity index (χ1v) is 9.96. The molecule has 0 saturated heterocycles. The van der Waals surface area contributed by atoms with E-state index in [-0.39, 0.29) is 18.7 Å². The molecule has 3 aromatic carbocycles. The van der Waals surface area contributed by atoms with E-state index < -0.39 is 11.5 Å². The van der Waals surface area contributed by atoms with Gasteiger partial charge in [-0.25, -0.2) is 0 Å². The van der Waals surface area contributed by atoms with Crippen LogP contribution in [-0.2, 0) is 10.4 Å². The van der Waals surface area contributed by atoms with Crippen LogP contribution >= 0.6 is 11.6 Å². The minimum Gasteiger partial charge on any atom is -0.375 e. The smallest absolute Gasteiger partial charge is 0.264 e. The molecule has 0 fully saturated rings. The molecular weight excluding hydrogens is 398 g/mol. The summed E-state index contributed by atoms with van der Waals surface area (Å²) in [6.07, 6.45) is 1.21. The van der Waals surface area contributed by atoms with E-state index in [1.54, 1.807) is 36.4 Å². The quantitative estimate of drug-likeness (QED) is 0.453. The van der Waals surface area contributed by atoms with E-state index in [4.69, 9.17) is 11.6 Å². The van der Waals surface area contributed by atoms with Crippen LogP contribution in [0.15, 0.2) is 85.5 Å². The summed E-state index contributed by atoms with van der Waals surface area (Å²) in [6.45, 7) is 3.90. The minimum absolute atomic E-state index is 0.232. The summed E-state index contributed by atoms with van der Waals surface area (Å²) < 4.78 is 0. The van der Waals surface area contributed by atoms with Crippen LogP contribution in [0, 0.1) is 0 Å². The van der Waals surface area contributed by atoms with E-state index >= 15 is 0 Å². The van der Waals surface area contributed by atoms with Crippen LogP contribution in [0.5, 0.6) is 0 Å². The van der Waals surface area contributed by atoms with Gasteiger partial charge in [0, 0.05) is 22.7 Å². The molecule has 0 aromatic heterocycles. The van der Waals surface area contributed by atoms with Crippen molar-refractivity contribution < 1.29 is 14.7 Å². The highest BCUT2D eigenvalue weighted by molar-refractivity contribution is 6.31. The number of nitrogens with zero attached hydrogens (tertiary/aromatic N) is 1. The lowest BCUT2D eigenvalue weighted by atomic mass is 9.88. The first-order valence-electron chi connectivity index (χ1n) is 9.58. The van der Waals surface area contributed by atoms with Gasteiger partial charge in [-0.3, -0.25) is 9.59 Å². The molecule has 0 saturated carbocycles. The molecule has 0 bridgehead atoms. The number of hydrogen-bond donors (Lipinski definition) is 1. The summed E-state index contributed by atoms with van der Waals surface area (Å²) in [6, 6.07) is 21.9. The zero-order valence-corrected chi connectivity index (χ0v) is 17.0. The maximum absolute atomic E-state index is 13.0. The molecule has 0 radical (unpaired) electrons. The summed E-state index contributed by atoms with van der Waals surface area (Å²) in [7, 11) is 0. The number of hydrogen-bond acceptors (Lipinski definition) is 3. The standard InChI is InChI=1S/C25H20ClNO3/c1-2-14-27-22-13-12-20(26)15-21(22)25(30,24(27)29)16-23(28)19-10-8-18(9-11-19)17-6-4-3-5-7-17/h2-13,15,30H,1,14,16H2. The summed E-state index contributed by atoms with van der Waals surface area (Å²) in [5, 5.41) is 11.7. The SMILES string of the molecule is C=CCN1C(=O)C(O)(CC(=O)c2ccc(-c3ccccc3)cc2)c2cc(Cl)ccc21.